The highest BCUT2D eigenvalue weighted by Gasteiger charge is 2.07. The number of nitrogens with one attached hydrogen (secondary N) is 2. The van der Waals surface area contributed by atoms with Gasteiger partial charge in [0.2, 0.25) is 5.95 Å². The molecule has 1 heterocycles. The van der Waals surface area contributed by atoms with Crippen molar-refractivity contribution in [3.63, 3.8) is 0 Å². The highest BCUT2D eigenvalue weighted by molar-refractivity contribution is 5.69. The van der Waals surface area contributed by atoms with Gasteiger partial charge in [0.15, 0.2) is 0 Å². The highest BCUT2D eigenvalue weighted by atomic mass is 15.1. The maximum atomic E-state index is 8.88. The van der Waals surface area contributed by atoms with E-state index in [9.17, 15) is 0 Å². The van der Waals surface area contributed by atoms with E-state index in [1.54, 1.807) is 30.5 Å². The number of rotatable bonds is 5. The van der Waals surface area contributed by atoms with E-state index < -0.39 is 0 Å². The molecule has 0 saturated carbocycles. The summed E-state index contributed by atoms with van der Waals surface area (Å²) in [7, 11) is 0. The van der Waals surface area contributed by atoms with Gasteiger partial charge in [-0.1, -0.05) is 0 Å². The molecule has 3 aromatic rings. The normalized spacial score (nSPS) is 10.3. The van der Waals surface area contributed by atoms with E-state index in [1.807, 2.05) is 44.2 Å². The van der Waals surface area contributed by atoms with Crippen LogP contribution in [-0.4, -0.2) is 9.97 Å². The number of anilines is 4. The predicted molar refractivity (Wildman–Crippen MR) is 111 cm³/mol. The van der Waals surface area contributed by atoms with E-state index in [1.165, 1.54) is 6.08 Å². The zero-order valence-electron chi connectivity index (χ0n) is 16.6. The Hall–Kier alpha value is -4.16. The monoisotopic (exact) mass is 367 g/mol. The summed E-state index contributed by atoms with van der Waals surface area (Å²) in [6.07, 6.45) is 4.93. The van der Waals surface area contributed by atoms with Crippen LogP contribution in [-0.2, 0) is 0 Å². The van der Waals surface area contributed by atoms with Gasteiger partial charge in [0.25, 0.3) is 0 Å². The Balaban J connectivity index is 0.00000300. The quantitative estimate of drug-likeness (QED) is 0.609. The Kier molecular flexibility index (Phi) is 5.64. The van der Waals surface area contributed by atoms with Crippen LogP contribution < -0.4 is 10.6 Å². The lowest BCUT2D eigenvalue weighted by molar-refractivity contribution is 1.16. The van der Waals surface area contributed by atoms with Crippen molar-refractivity contribution in [1.29, 1.82) is 10.5 Å². The van der Waals surface area contributed by atoms with Crippen LogP contribution in [0.5, 0.6) is 0 Å². The van der Waals surface area contributed by atoms with Crippen molar-refractivity contribution >= 4 is 29.2 Å². The van der Waals surface area contributed by atoms with Gasteiger partial charge in [0.05, 0.1) is 17.7 Å². The van der Waals surface area contributed by atoms with Crippen molar-refractivity contribution in [3.05, 3.63) is 77.0 Å². The van der Waals surface area contributed by atoms with Crippen molar-refractivity contribution in [3.8, 4) is 12.1 Å². The molecule has 28 heavy (non-hydrogen) atoms. The van der Waals surface area contributed by atoms with Crippen LogP contribution in [0.3, 0.4) is 0 Å². The molecule has 0 aliphatic heterocycles. The molecule has 0 bridgehead atoms. The lowest BCUT2D eigenvalue weighted by atomic mass is 10.0. The third-order valence-electron chi connectivity index (χ3n) is 4.08. The van der Waals surface area contributed by atoms with Gasteiger partial charge in [-0.2, -0.15) is 15.5 Å². The molecule has 3 rings (SSSR count). The van der Waals surface area contributed by atoms with E-state index in [4.69, 9.17) is 10.5 Å². The molecule has 0 aliphatic carbocycles. The molecule has 0 aliphatic rings. The van der Waals surface area contributed by atoms with Crippen LogP contribution in [0, 0.1) is 36.5 Å². The SMILES string of the molecule is Cc1cc(/C=C/C#N)cc(C)c1Nc1ccnc(Nc2ccc(C#N)cc2)n1.[H+]. The number of hydrogen-bond donors (Lipinski definition) is 2. The van der Waals surface area contributed by atoms with Crippen LogP contribution >= 0.6 is 0 Å². The van der Waals surface area contributed by atoms with E-state index >= 15 is 0 Å². The highest BCUT2D eigenvalue weighted by Crippen LogP contribution is 2.26. The van der Waals surface area contributed by atoms with Gasteiger partial charge in [-0.05, 0) is 79.1 Å². The molecule has 136 valence electrons. The predicted octanol–water partition coefficient (Wildman–Crippen LogP) is 5.10. The van der Waals surface area contributed by atoms with Crippen molar-refractivity contribution in [2.24, 2.45) is 0 Å². The minimum absolute atomic E-state index is 0. The Labute approximate surface area is 165 Å². The fourth-order valence-corrected chi connectivity index (χ4v) is 2.80. The third-order valence-corrected chi connectivity index (χ3v) is 4.08. The molecule has 1 aromatic heterocycles. The molecular formula is C22H19N6+. The van der Waals surface area contributed by atoms with Crippen LogP contribution in [0.2, 0.25) is 0 Å². The Bertz CT molecular complexity index is 1080. The number of allylic oxidation sites excluding steroid dienone is 1. The second-order valence-corrected chi connectivity index (χ2v) is 6.20. The van der Waals surface area contributed by atoms with Crippen molar-refractivity contribution in [1.82, 2.24) is 9.97 Å². The standard InChI is InChI=1S/C22H18N6/c1-15-12-18(4-3-10-23)13-16(2)21(15)27-20-9-11-25-22(28-20)26-19-7-5-17(14-24)6-8-19/h3-9,11-13H,1-2H3,(H2,25,26,27,28)/p+1/b4-3+. The first-order valence-electron chi connectivity index (χ1n) is 8.63. The van der Waals surface area contributed by atoms with Gasteiger partial charge in [0.1, 0.15) is 5.82 Å². The van der Waals surface area contributed by atoms with Crippen LogP contribution in [0.25, 0.3) is 6.08 Å². The van der Waals surface area contributed by atoms with Crippen LogP contribution in [0.15, 0.2) is 54.7 Å². The summed E-state index contributed by atoms with van der Waals surface area (Å²) in [5.41, 5.74) is 5.46. The number of nitrogens with zero attached hydrogens (tertiary/aromatic N) is 4. The largest absolute Gasteiger partial charge is 1.00 e. The molecular weight excluding hydrogens is 348 g/mol. The number of hydrogen-bond acceptors (Lipinski definition) is 6. The minimum Gasteiger partial charge on any atom is -0.340 e. The Morgan fingerprint density at radius 2 is 1.71 bits per heavy atom. The van der Waals surface area contributed by atoms with E-state index in [2.05, 4.69) is 26.7 Å². The second kappa shape index (κ2) is 8.48. The minimum atomic E-state index is 0. The first kappa shape index (κ1) is 18.6. The number of aryl methyl sites for hydroxylation is 2. The summed E-state index contributed by atoms with van der Waals surface area (Å²) in [5, 5.41) is 24.0. The van der Waals surface area contributed by atoms with Crippen molar-refractivity contribution in [2.45, 2.75) is 13.8 Å². The molecule has 0 saturated heterocycles. The molecule has 2 N–H and O–H groups in total. The van der Waals surface area contributed by atoms with Crippen molar-refractivity contribution < 1.29 is 1.43 Å². The molecule has 0 radical (unpaired) electrons. The summed E-state index contributed by atoms with van der Waals surface area (Å²) < 4.78 is 0. The first-order valence-corrected chi connectivity index (χ1v) is 8.63. The molecule has 2 aromatic carbocycles. The summed E-state index contributed by atoms with van der Waals surface area (Å²) in [6.45, 7) is 4.02. The fourth-order valence-electron chi connectivity index (χ4n) is 2.80. The average Bonchev–Trinajstić information content (AvgIpc) is 2.70. The molecule has 6 nitrogen and oxygen atoms in total. The molecule has 0 amide bonds. The van der Waals surface area contributed by atoms with Gasteiger partial charge in [-0.25, -0.2) is 4.98 Å². The molecule has 0 unspecified atom stereocenters. The maximum Gasteiger partial charge on any atom is 1.00 e. The van der Waals surface area contributed by atoms with Gasteiger partial charge in [-0.3, -0.25) is 0 Å². The van der Waals surface area contributed by atoms with Crippen molar-refractivity contribution in [2.75, 3.05) is 10.6 Å². The number of benzene rings is 2. The molecule has 6 heteroatoms. The van der Waals surface area contributed by atoms with Gasteiger partial charge in [0, 0.05) is 23.6 Å². The molecule has 0 fully saturated rings. The van der Waals surface area contributed by atoms with Crippen LogP contribution in [0.1, 0.15) is 23.7 Å². The Morgan fingerprint density at radius 3 is 2.36 bits per heavy atom. The Morgan fingerprint density at radius 1 is 1.00 bits per heavy atom. The number of nitriles is 2. The zero-order valence-corrected chi connectivity index (χ0v) is 15.6. The molecule has 0 atom stereocenters. The van der Waals surface area contributed by atoms with Gasteiger partial charge < -0.3 is 10.6 Å². The summed E-state index contributed by atoms with van der Waals surface area (Å²) in [6, 6.07) is 17.0. The summed E-state index contributed by atoms with van der Waals surface area (Å²) >= 11 is 0. The van der Waals surface area contributed by atoms with Gasteiger partial charge >= 0.3 is 1.43 Å². The molecule has 0 spiro atoms. The van der Waals surface area contributed by atoms with E-state index in [0.29, 0.717) is 17.3 Å². The third kappa shape index (κ3) is 4.51. The first-order chi connectivity index (χ1) is 13.6. The lowest BCUT2D eigenvalue weighted by Gasteiger charge is -2.14. The van der Waals surface area contributed by atoms with Crippen LogP contribution in [0.4, 0.5) is 23.1 Å². The van der Waals surface area contributed by atoms with E-state index in [-0.39, 0.29) is 1.43 Å². The summed E-state index contributed by atoms with van der Waals surface area (Å²) in [5.74, 6) is 1.12. The average molecular weight is 367 g/mol. The van der Waals surface area contributed by atoms with E-state index in [0.717, 1.165) is 28.1 Å². The maximum absolute atomic E-state index is 8.88. The fraction of sp³-hybridized carbons (Fsp3) is 0.0909. The number of aromatic nitrogens is 2. The lowest BCUT2D eigenvalue weighted by Crippen LogP contribution is -2.02. The van der Waals surface area contributed by atoms with Gasteiger partial charge in [-0.15, -0.1) is 0 Å². The smallest absolute Gasteiger partial charge is 0.340 e. The second-order valence-electron chi connectivity index (χ2n) is 6.20. The topological polar surface area (TPSA) is 97.4 Å². The zero-order chi connectivity index (χ0) is 19.9. The summed E-state index contributed by atoms with van der Waals surface area (Å²) in [4.78, 5) is 8.75.